The largest absolute Gasteiger partial charge is 0.481 e. The van der Waals surface area contributed by atoms with Gasteiger partial charge in [0.1, 0.15) is 5.75 Å². The number of hydrogen-bond donors (Lipinski definition) is 1. The normalized spacial score (nSPS) is 13.2. The maximum absolute atomic E-state index is 12.4. The van der Waals surface area contributed by atoms with Crippen LogP contribution in [-0.4, -0.2) is 12.0 Å². The van der Waals surface area contributed by atoms with Gasteiger partial charge in [-0.1, -0.05) is 43.6 Å². The van der Waals surface area contributed by atoms with E-state index in [4.69, 9.17) is 16.3 Å². The second-order valence-electron chi connectivity index (χ2n) is 5.60. The van der Waals surface area contributed by atoms with E-state index in [-0.39, 0.29) is 5.91 Å². The van der Waals surface area contributed by atoms with E-state index in [2.05, 4.69) is 25.2 Å². The number of ether oxygens (including phenoxy) is 1. The number of halogens is 1. The number of amides is 1. The fourth-order valence-electron chi connectivity index (χ4n) is 2.27. The second kappa shape index (κ2) is 8.02. The maximum Gasteiger partial charge on any atom is 0.265 e. The summed E-state index contributed by atoms with van der Waals surface area (Å²) in [6.07, 6.45) is 0.421. The molecule has 2 aromatic carbocycles. The highest BCUT2D eigenvalue weighted by Crippen LogP contribution is 2.26. The van der Waals surface area contributed by atoms with E-state index >= 15 is 0 Å². The standard InChI is InChI=1S/C19H22ClNO2/c1-4-13(2)17-7-5-6-8-18(17)21-19(22)14(3)23-16-11-9-15(20)10-12-16/h5-14H,4H2,1-3H3,(H,21,22)/t13-,14-/m0/s1. The first kappa shape index (κ1) is 17.4. The minimum absolute atomic E-state index is 0.171. The van der Waals surface area contributed by atoms with E-state index in [9.17, 15) is 4.79 Å². The molecule has 0 aliphatic heterocycles. The van der Waals surface area contributed by atoms with Gasteiger partial charge in [-0.25, -0.2) is 0 Å². The lowest BCUT2D eigenvalue weighted by atomic mass is 9.97. The molecule has 0 fully saturated rings. The van der Waals surface area contributed by atoms with Crippen molar-refractivity contribution in [2.45, 2.75) is 39.2 Å². The van der Waals surface area contributed by atoms with Gasteiger partial charge >= 0.3 is 0 Å². The third kappa shape index (κ3) is 4.73. The van der Waals surface area contributed by atoms with Crippen LogP contribution in [0.25, 0.3) is 0 Å². The van der Waals surface area contributed by atoms with E-state index in [1.807, 2.05) is 18.2 Å². The van der Waals surface area contributed by atoms with Crippen LogP contribution in [0.2, 0.25) is 5.02 Å². The molecule has 0 unspecified atom stereocenters. The summed E-state index contributed by atoms with van der Waals surface area (Å²) in [7, 11) is 0. The number of hydrogen-bond acceptors (Lipinski definition) is 2. The lowest BCUT2D eigenvalue weighted by Crippen LogP contribution is -2.30. The zero-order valence-corrected chi connectivity index (χ0v) is 14.4. The Morgan fingerprint density at radius 1 is 1.13 bits per heavy atom. The number of anilines is 1. The molecule has 0 aliphatic carbocycles. The van der Waals surface area contributed by atoms with Crippen molar-refractivity contribution in [2.24, 2.45) is 0 Å². The van der Waals surface area contributed by atoms with Gasteiger partial charge in [0.15, 0.2) is 6.10 Å². The van der Waals surface area contributed by atoms with Crippen molar-refractivity contribution in [3.8, 4) is 5.75 Å². The summed E-state index contributed by atoms with van der Waals surface area (Å²) < 4.78 is 5.66. The summed E-state index contributed by atoms with van der Waals surface area (Å²) in [5.41, 5.74) is 1.99. The maximum atomic E-state index is 12.4. The van der Waals surface area contributed by atoms with Crippen LogP contribution in [-0.2, 0) is 4.79 Å². The van der Waals surface area contributed by atoms with E-state index in [1.165, 1.54) is 0 Å². The third-order valence-corrected chi connectivity index (χ3v) is 4.11. The summed E-state index contributed by atoms with van der Waals surface area (Å²) in [6.45, 7) is 6.02. The van der Waals surface area contributed by atoms with Crippen molar-refractivity contribution in [3.63, 3.8) is 0 Å². The van der Waals surface area contributed by atoms with Crippen LogP contribution >= 0.6 is 11.6 Å². The minimum atomic E-state index is -0.596. The van der Waals surface area contributed by atoms with Crippen molar-refractivity contribution in [3.05, 3.63) is 59.1 Å². The van der Waals surface area contributed by atoms with Crippen LogP contribution in [0.5, 0.6) is 5.75 Å². The lowest BCUT2D eigenvalue weighted by Gasteiger charge is -2.18. The van der Waals surface area contributed by atoms with Gasteiger partial charge in [-0.05, 0) is 55.2 Å². The molecule has 0 aromatic heterocycles. The van der Waals surface area contributed by atoms with Gasteiger partial charge in [0, 0.05) is 10.7 Å². The lowest BCUT2D eigenvalue weighted by molar-refractivity contribution is -0.122. The van der Waals surface area contributed by atoms with Gasteiger partial charge in [0.2, 0.25) is 0 Å². The van der Waals surface area contributed by atoms with Gasteiger partial charge in [0.25, 0.3) is 5.91 Å². The summed E-state index contributed by atoms with van der Waals surface area (Å²) in [6, 6.07) is 14.9. The second-order valence-corrected chi connectivity index (χ2v) is 6.04. The van der Waals surface area contributed by atoms with Crippen molar-refractivity contribution in [1.29, 1.82) is 0 Å². The molecule has 23 heavy (non-hydrogen) atoms. The Morgan fingerprint density at radius 3 is 2.43 bits per heavy atom. The molecule has 2 atom stereocenters. The van der Waals surface area contributed by atoms with Gasteiger partial charge in [0.05, 0.1) is 0 Å². The zero-order valence-electron chi connectivity index (χ0n) is 13.7. The number of benzene rings is 2. The average Bonchev–Trinajstić information content (AvgIpc) is 2.56. The SMILES string of the molecule is CC[C@H](C)c1ccccc1NC(=O)[C@H](C)Oc1ccc(Cl)cc1. The molecule has 1 N–H and O–H groups in total. The molecule has 0 heterocycles. The molecule has 2 aromatic rings. The molecular weight excluding hydrogens is 310 g/mol. The van der Waals surface area contributed by atoms with Crippen LogP contribution in [0, 0.1) is 0 Å². The molecular formula is C19H22ClNO2. The van der Waals surface area contributed by atoms with Crippen LogP contribution in [0.4, 0.5) is 5.69 Å². The fourth-order valence-corrected chi connectivity index (χ4v) is 2.39. The minimum Gasteiger partial charge on any atom is -0.481 e. The Bertz CT molecular complexity index is 655. The highest BCUT2D eigenvalue weighted by atomic mass is 35.5. The molecule has 0 saturated carbocycles. The predicted molar refractivity (Wildman–Crippen MR) is 95.3 cm³/mol. The van der Waals surface area contributed by atoms with Crippen molar-refractivity contribution >= 4 is 23.2 Å². The van der Waals surface area contributed by atoms with E-state index in [0.29, 0.717) is 16.7 Å². The molecule has 0 saturated heterocycles. The number of carbonyl (C=O) groups excluding carboxylic acids is 1. The predicted octanol–water partition coefficient (Wildman–Crippen LogP) is 5.26. The summed E-state index contributed by atoms with van der Waals surface area (Å²) in [5, 5.41) is 3.60. The van der Waals surface area contributed by atoms with E-state index in [1.54, 1.807) is 31.2 Å². The van der Waals surface area contributed by atoms with Crippen molar-refractivity contribution < 1.29 is 9.53 Å². The molecule has 2 rings (SSSR count). The van der Waals surface area contributed by atoms with Gasteiger partial charge in [-0.15, -0.1) is 0 Å². The number of nitrogens with one attached hydrogen (secondary N) is 1. The Morgan fingerprint density at radius 2 is 1.78 bits per heavy atom. The molecule has 0 aliphatic rings. The smallest absolute Gasteiger partial charge is 0.265 e. The zero-order chi connectivity index (χ0) is 16.8. The van der Waals surface area contributed by atoms with Crippen LogP contribution in [0.3, 0.4) is 0 Å². The molecule has 3 nitrogen and oxygen atoms in total. The molecule has 0 radical (unpaired) electrons. The third-order valence-electron chi connectivity index (χ3n) is 3.86. The molecule has 1 amide bonds. The fraction of sp³-hybridized carbons (Fsp3) is 0.316. The van der Waals surface area contributed by atoms with Crippen LogP contribution in [0.1, 0.15) is 38.7 Å². The first-order valence-electron chi connectivity index (χ1n) is 7.83. The van der Waals surface area contributed by atoms with Crippen LogP contribution in [0.15, 0.2) is 48.5 Å². The Labute approximate surface area is 142 Å². The Hall–Kier alpha value is -2.00. The summed E-state index contributed by atoms with van der Waals surface area (Å²) >= 11 is 5.84. The van der Waals surface area contributed by atoms with Crippen molar-refractivity contribution in [2.75, 3.05) is 5.32 Å². The Balaban J connectivity index is 2.05. The average molecular weight is 332 g/mol. The first-order chi connectivity index (χ1) is 11.0. The topological polar surface area (TPSA) is 38.3 Å². The van der Waals surface area contributed by atoms with Crippen LogP contribution < -0.4 is 10.1 Å². The van der Waals surface area contributed by atoms with Gasteiger partial charge in [-0.3, -0.25) is 4.79 Å². The molecule has 122 valence electrons. The van der Waals surface area contributed by atoms with Gasteiger partial charge < -0.3 is 10.1 Å². The highest BCUT2D eigenvalue weighted by molar-refractivity contribution is 6.30. The number of carbonyl (C=O) groups is 1. The van der Waals surface area contributed by atoms with E-state index in [0.717, 1.165) is 17.7 Å². The summed E-state index contributed by atoms with van der Waals surface area (Å²) in [5.74, 6) is 0.835. The summed E-state index contributed by atoms with van der Waals surface area (Å²) in [4.78, 5) is 12.4. The number of rotatable bonds is 6. The quantitative estimate of drug-likeness (QED) is 0.784. The van der Waals surface area contributed by atoms with Crippen molar-refractivity contribution in [1.82, 2.24) is 0 Å². The van der Waals surface area contributed by atoms with Gasteiger partial charge in [-0.2, -0.15) is 0 Å². The monoisotopic (exact) mass is 331 g/mol. The Kier molecular flexibility index (Phi) is 6.05. The highest BCUT2D eigenvalue weighted by Gasteiger charge is 2.17. The van der Waals surface area contributed by atoms with E-state index < -0.39 is 6.10 Å². The first-order valence-corrected chi connectivity index (χ1v) is 8.21. The number of para-hydroxylation sites is 1. The molecule has 4 heteroatoms. The molecule has 0 spiro atoms. The molecule has 0 bridgehead atoms.